The number of hydrogen-bond donors (Lipinski definition) is 0. The summed E-state index contributed by atoms with van der Waals surface area (Å²) in [5.74, 6) is 2.25. The van der Waals surface area contributed by atoms with Gasteiger partial charge in [0.05, 0.1) is 0 Å². The van der Waals surface area contributed by atoms with Crippen molar-refractivity contribution in [3.8, 4) is 0 Å². The molecule has 5 nitrogen and oxygen atoms in total. The van der Waals surface area contributed by atoms with Crippen molar-refractivity contribution in [2.75, 3.05) is 26.2 Å². The van der Waals surface area contributed by atoms with E-state index in [1.54, 1.807) is 0 Å². The monoisotopic (exact) mass is 279 g/mol. The maximum absolute atomic E-state index is 5.58. The first-order chi connectivity index (χ1) is 9.85. The van der Waals surface area contributed by atoms with Crippen molar-refractivity contribution in [1.82, 2.24) is 15.0 Å². The molecule has 0 radical (unpaired) electrons. The van der Waals surface area contributed by atoms with Gasteiger partial charge in [0.2, 0.25) is 0 Å². The summed E-state index contributed by atoms with van der Waals surface area (Å²) in [6.07, 6.45) is 6.86. The van der Waals surface area contributed by atoms with Crippen LogP contribution in [-0.4, -0.2) is 41.3 Å². The van der Waals surface area contributed by atoms with Crippen LogP contribution in [0, 0.1) is 5.92 Å². The van der Waals surface area contributed by atoms with Crippen molar-refractivity contribution in [1.29, 1.82) is 0 Å². The maximum Gasteiger partial charge on any atom is 0.255 e. The lowest BCUT2D eigenvalue weighted by Gasteiger charge is -2.31. The number of piperidine rings is 1. The summed E-state index contributed by atoms with van der Waals surface area (Å²) in [5, 5.41) is 4.13. The summed E-state index contributed by atoms with van der Waals surface area (Å²) in [4.78, 5) is 7.09. The summed E-state index contributed by atoms with van der Waals surface area (Å²) in [5.41, 5.74) is 0. The van der Waals surface area contributed by atoms with E-state index in [1.165, 1.54) is 38.9 Å². The average Bonchev–Trinajstić information content (AvgIpc) is 3.12. The van der Waals surface area contributed by atoms with Gasteiger partial charge in [0.1, 0.15) is 6.10 Å². The lowest BCUT2D eigenvalue weighted by atomic mass is 9.93. The summed E-state index contributed by atoms with van der Waals surface area (Å²) in [7, 11) is 0. The van der Waals surface area contributed by atoms with Gasteiger partial charge >= 0.3 is 0 Å². The molecule has 1 atom stereocenters. The molecule has 0 N–H and O–H groups in total. The standard InChI is InChI=1S/C15H25N3O2/c1-2-7-18-8-5-12(6-9-18)11-14-16-15(20-17-14)13-4-3-10-19-13/h12-13H,2-11H2,1H3/t13-/m1/s1. The van der Waals surface area contributed by atoms with E-state index >= 15 is 0 Å². The fourth-order valence-electron chi connectivity index (χ4n) is 3.24. The van der Waals surface area contributed by atoms with Crippen LogP contribution in [0.1, 0.15) is 56.8 Å². The van der Waals surface area contributed by atoms with Gasteiger partial charge in [0.15, 0.2) is 5.82 Å². The fraction of sp³-hybridized carbons (Fsp3) is 0.867. The molecule has 3 rings (SSSR count). The van der Waals surface area contributed by atoms with E-state index in [2.05, 4.69) is 22.0 Å². The lowest BCUT2D eigenvalue weighted by molar-refractivity contribution is 0.0835. The number of likely N-dealkylation sites (tertiary alicyclic amines) is 1. The van der Waals surface area contributed by atoms with E-state index in [1.807, 2.05) is 0 Å². The van der Waals surface area contributed by atoms with E-state index in [0.29, 0.717) is 11.8 Å². The van der Waals surface area contributed by atoms with Gasteiger partial charge in [-0.15, -0.1) is 0 Å². The second-order valence-electron chi connectivity index (χ2n) is 6.04. The van der Waals surface area contributed by atoms with Gasteiger partial charge in [-0.1, -0.05) is 12.1 Å². The Morgan fingerprint density at radius 2 is 2.10 bits per heavy atom. The predicted molar refractivity (Wildman–Crippen MR) is 75.4 cm³/mol. The van der Waals surface area contributed by atoms with Crippen molar-refractivity contribution in [3.05, 3.63) is 11.7 Å². The Kier molecular flexibility index (Phi) is 4.68. The van der Waals surface area contributed by atoms with Gasteiger partial charge in [0, 0.05) is 13.0 Å². The molecule has 5 heteroatoms. The maximum atomic E-state index is 5.58. The van der Waals surface area contributed by atoms with Crippen LogP contribution < -0.4 is 0 Å². The zero-order chi connectivity index (χ0) is 13.8. The highest BCUT2D eigenvalue weighted by Crippen LogP contribution is 2.28. The Morgan fingerprint density at radius 1 is 1.25 bits per heavy atom. The summed E-state index contributed by atoms with van der Waals surface area (Å²) in [6, 6.07) is 0. The molecule has 0 unspecified atom stereocenters. The third-order valence-electron chi connectivity index (χ3n) is 4.41. The first-order valence-electron chi connectivity index (χ1n) is 8.01. The van der Waals surface area contributed by atoms with Crippen LogP contribution >= 0.6 is 0 Å². The van der Waals surface area contributed by atoms with Gasteiger partial charge in [-0.25, -0.2) is 0 Å². The number of ether oxygens (including phenoxy) is 1. The molecule has 0 aliphatic carbocycles. The molecule has 20 heavy (non-hydrogen) atoms. The zero-order valence-electron chi connectivity index (χ0n) is 12.4. The van der Waals surface area contributed by atoms with Gasteiger partial charge < -0.3 is 14.2 Å². The summed E-state index contributed by atoms with van der Waals surface area (Å²) < 4.78 is 10.9. The van der Waals surface area contributed by atoms with E-state index in [0.717, 1.165) is 31.7 Å². The Labute approximate surface area is 120 Å². The van der Waals surface area contributed by atoms with Gasteiger partial charge in [0.25, 0.3) is 5.89 Å². The lowest BCUT2D eigenvalue weighted by Crippen LogP contribution is -2.34. The Bertz CT molecular complexity index is 407. The molecule has 112 valence electrons. The minimum Gasteiger partial charge on any atom is -0.368 e. The topological polar surface area (TPSA) is 51.4 Å². The zero-order valence-corrected chi connectivity index (χ0v) is 12.4. The van der Waals surface area contributed by atoms with Crippen molar-refractivity contribution in [2.45, 2.75) is 51.6 Å². The van der Waals surface area contributed by atoms with Crippen LogP contribution in [0.15, 0.2) is 4.52 Å². The van der Waals surface area contributed by atoms with Crippen LogP contribution in [0.4, 0.5) is 0 Å². The van der Waals surface area contributed by atoms with Crippen molar-refractivity contribution < 1.29 is 9.26 Å². The molecule has 0 amide bonds. The van der Waals surface area contributed by atoms with Gasteiger partial charge in [-0.2, -0.15) is 4.98 Å². The molecular weight excluding hydrogens is 254 g/mol. The summed E-state index contributed by atoms with van der Waals surface area (Å²) in [6.45, 7) is 6.73. The highest BCUT2D eigenvalue weighted by molar-refractivity contribution is 4.94. The van der Waals surface area contributed by atoms with E-state index in [-0.39, 0.29) is 6.10 Å². The molecule has 0 aromatic carbocycles. The second-order valence-corrected chi connectivity index (χ2v) is 6.04. The number of aromatic nitrogens is 2. The SMILES string of the molecule is CCCN1CCC(Cc2noc([C@H]3CCCO3)n2)CC1. The Hall–Kier alpha value is -0.940. The fourth-order valence-corrected chi connectivity index (χ4v) is 3.24. The molecule has 1 aromatic rings. The van der Waals surface area contributed by atoms with Crippen molar-refractivity contribution >= 4 is 0 Å². The molecule has 0 saturated carbocycles. The van der Waals surface area contributed by atoms with Crippen LogP contribution in [-0.2, 0) is 11.2 Å². The number of rotatable bonds is 5. The van der Waals surface area contributed by atoms with E-state index in [9.17, 15) is 0 Å². The first-order valence-corrected chi connectivity index (χ1v) is 8.01. The number of nitrogens with zero attached hydrogens (tertiary/aromatic N) is 3. The molecule has 2 fully saturated rings. The van der Waals surface area contributed by atoms with E-state index in [4.69, 9.17) is 9.26 Å². The van der Waals surface area contributed by atoms with Crippen molar-refractivity contribution in [3.63, 3.8) is 0 Å². The largest absolute Gasteiger partial charge is 0.368 e. The van der Waals surface area contributed by atoms with Gasteiger partial charge in [-0.3, -0.25) is 0 Å². The quantitative estimate of drug-likeness (QED) is 0.829. The van der Waals surface area contributed by atoms with Crippen LogP contribution in [0.5, 0.6) is 0 Å². The second kappa shape index (κ2) is 6.68. The highest BCUT2D eigenvalue weighted by Gasteiger charge is 2.25. The Balaban J connectivity index is 1.49. The molecule has 0 spiro atoms. The minimum absolute atomic E-state index is 0.0441. The van der Waals surface area contributed by atoms with Crippen molar-refractivity contribution in [2.24, 2.45) is 5.92 Å². The molecule has 2 saturated heterocycles. The Morgan fingerprint density at radius 3 is 2.80 bits per heavy atom. The van der Waals surface area contributed by atoms with E-state index < -0.39 is 0 Å². The highest BCUT2D eigenvalue weighted by atomic mass is 16.5. The van der Waals surface area contributed by atoms with Crippen LogP contribution in [0.2, 0.25) is 0 Å². The molecular formula is C15H25N3O2. The first kappa shape index (κ1) is 14.0. The molecule has 1 aromatic heterocycles. The summed E-state index contributed by atoms with van der Waals surface area (Å²) >= 11 is 0. The third-order valence-corrected chi connectivity index (χ3v) is 4.41. The molecule has 0 bridgehead atoms. The smallest absolute Gasteiger partial charge is 0.255 e. The minimum atomic E-state index is 0.0441. The molecule has 3 heterocycles. The van der Waals surface area contributed by atoms with Gasteiger partial charge in [-0.05, 0) is 57.7 Å². The number of hydrogen-bond acceptors (Lipinski definition) is 5. The predicted octanol–water partition coefficient (Wildman–Crippen LogP) is 2.59. The average molecular weight is 279 g/mol. The normalized spacial score (nSPS) is 25.4. The molecule has 2 aliphatic rings. The molecule has 2 aliphatic heterocycles. The third kappa shape index (κ3) is 3.38. The van der Waals surface area contributed by atoms with Crippen LogP contribution in [0.25, 0.3) is 0 Å². The van der Waals surface area contributed by atoms with Crippen LogP contribution in [0.3, 0.4) is 0 Å².